The van der Waals surface area contributed by atoms with Crippen LogP contribution in [0.3, 0.4) is 0 Å². The van der Waals surface area contributed by atoms with Crippen molar-refractivity contribution in [3.8, 4) is 11.4 Å². The molecule has 3 aromatic rings. The summed E-state index contributed by atoms with van der Waals surface area (Å²) in [5.74, 6) is -1.14. The van der Waals surface area contributed by atoms with Crippen LogP contribution >= 0.6 is 34.7 Å². The van der Waals surface area contributed by atoms with Gasteiger partial charge in [0.1, 0.15) is 5.00 Å². The first kappa shape index (κ1) is 24.7. The summed E-state index contributed by atoms with van der Waals surface area (Å²) in [5, 5.41) is 12.3. The number of esters is 1. The van der Waals surface area contributed by atoms with Crippen LogP contribution in [-0.4, -0.2) is 44.4 Å². The minimum Gasteiger partial charge on any atom is -0.459 e. The normalized spacial score (nSPS) is 11.0. The fourth-order valence-electron chi connectivity index (χ4n) is 2.97. The van der Waals surface area contributed by atoms with E-state index in [0.29, 0.717) is 21.6 Å². The summed E-state index contributed by atoms with van der Waals surface area (Å²) in [5.41, 5.74) is 6.64. The minimum atomic E-state index is -0.683. The van der Waals surface area contributed by atoms with Crippen molar-refractivity contribution in [1.82, 2.24) is 14.8 Å². The molecule has 0 aliphatic heterocycles. The van der Waals surface area contributed by atoms with E-state index in [2.05, 4.69) is 15.5 Å². The smallest absolute Gasteiger partial charge is 0.341 e. The SMILES string of the molecule is Cc1c(C(N)=O)sc(NC(=O)CSc2nnc(-c3ccccc3Cl)n2C)c1C(=O)OC(C)C. The van der Waals surface area contributed by atoms with E-state index in [1.807, 2.05) is 18.2 Å². The molecule has 1 aromatic carbocycles. The van der Waals surface area contributed by atoms with Crippen molar-refractivity contribution >= 4 is 57.5 Å². The first-order valence-corrected chi connectivity index (χ1v) is 12.0. The van der Waals surface area contributed by atoms with E-state index in [1.165, 1.54) is 11.8 Å². The minimum absolute atomic E-state index is 0.00395. The number of halogens is 1. The predicted octanol–water partition coefficient (Wildman–Crippen LogP) is 3.90. The Morgan fingerprint density at radius 2 is 1.97 bits per heavy atom. The van der Waals surface area contributed by atoms with Gasteiger partial charge in [0.25, 0.3) is 5.91 Å². The third-order valence-electron chi connectivity index (χ3n) is 4.45. The average Bonchev–Trinajstić information content (AvgIpc) is 3.26. The predicted molar refractivity (Wildman–Crippen MR) is 129 cm³/mol. The number of thioether (sulfide) groups is 1. The number of nitrogens with zero attached hydrogens (tertiary/aromatic N) is 3. The fraction of sp³-hybridized carbons (Fsp3) is 0.286. The van der Waals surface area contributed by atoms with Crippen LogP contribution in [0.5, 0.6) is 0 Å². The molecular formula is C21H22ClN5O4S2. The number of carbonyl (C=O) groups excluding carboxylic acids is 3. The Labute approximate surface area is 203 Å². The number of hydrogen-bond donors (Lipinski definition) is 2. The molecule has 174 valence electrons. The van der Waals surface area contributed by atoms with Crippen LogP contribution in [0.4, 0.5) is 5.00 Å². The zero-order valence-corrected chi connectivity index (χ0v) is 20.7. The number of hydrogen-bond acceptors (Lipinski definition) is 8. The maximum atomic E-state index is 12.6. The molecule has 3 N–H and O–H groups in total. The van der Waals surface area contributed by atoms with E-state index in [4.69, 9.17) is 22.1 Å². The van der Waals surface area contributed by atoms with Crippen LogP contribution in [-0.2, 0) is 16.6 Å². The van der Waals surface area contributed by atoms with Crippen molar-refractivity contribution in [1.29, 1.82) is 0 Å². The number of carbonyl (C=O) groups is 3. The van der Waals surface area contributed by atoms with E-state index < -0.39 is 17.8 Å². The Bertz CT molecular complexity index is 1220. The Hall–Kier alpha value is -2.89. The molecular weight excluding hydrogens is 486 g/mol. The molecule has 0 atom stereocenters. The molecule has 0 saturated heterocycles. The summed E-state index contributed by atoms with van der Waals surface area (Å²) < 4.78 is 7.00. The number of primary amides is 1. The van der Waals surface area contributed by atoms with Gasteiger partial charge in [-0.05, 0) is 38.5 Å². The van der Waals surface area contributed by atoms with Gasteiger partial charge in [-0.2, -0.15) is 0 Å². The van der Waals surface area contributed by atoms with Gasteiger partial charge < -0.3 is 20.4 Å². The summed E-state index contributed by atoms with van der Waals surface area (Å²) in [6, 6.07) is 7.27. The standard InChI is InChI=1S/C21H22ClN5O4S2/c1-10(2)31-20(30)15-11(3)16(17(23)29)33-19(15)24-14(28)9-32-21-26-25-18(27(21)4)12-7-5-6-8-13(12)22/h5-8,10H,9H2,1-4H3,(H2,23,29)(H,24,28). The fourth-order valence-corrected chi connectivity index (χ4v) is 4.96. The van der Waals surface area contributed by atoms with Gasteiger partial charge in [0, 0.05) is 12.6 Å². The number of benzene rings is 1. The number of anilines is 1. The van der Waals surface area contributed by atoms with Crippen LogP contribution < -0.4 is 11.1 Å². The highest BCUT2D eigenvalue weighted by Gasteiger charge is 2.26. The zero-order chi connectivity index (χ0) is 24.3. The maximum absolute atomic E-state index is 12.6. The highest BCUT2D eigenvalue weighted by atomic mass is 35.5. The summed E-state index contributed by atoms with van der Waals surface area (Å²) in [6.45, 7) is 5.01. The van der Waals surface area contributed by atoms with Crippen molar-refractivity contribution in [3.63, 3.8) is 0 Å². The van der Waals surface area contributed by atoms with Crippen molar-refractivity contribution in [2.45, 2.75) is 32.0 Å². The summed E-state index contributed by atoms with van der Waals surface area (Å²) in [7, 11) is 1.78. The van der Waals surface area contributed by atoms with E-state index in [9.17, 15) is 14.4 Å². The van der Waals surface area contributed by atoms with Gasteiger partial charge in [0.2, 0.25) is 5.91 Å². The van der Waals surface area contributed by atoms with Gasteiger partial charge in [-0.25, -0.2) is 4.79 Å². The molecule has 0 fully saturated rings. The van der Waals surface area contributed by atoms with E-state index in [0.717, 1.165) is 16.9 Å². The van der Waals surface area contributed by atoms with Crippen LogP contribution in [0.2, 0.25) is 5.02 Å². The van der Waals surface area contributed by atoms with E-state index >= 15 is 0 Å². The molecule has 0 unspecified atom stereocenters. The average molecular weight is 508 g/mol. The molecule has 0 saturated carbocycles. The maximum Gasteiger partial charge on any atom is 0.341 e. The Kier molecular flexibility index (Phi) is 7.77. The van der Waals surface area contributed by atoms with E-state index in [-0.39, 0.29) is 27.3 Å². The second-order valence-electron chi connectivity index (χ2n) is 7.26. The molecule has 0 radical (unpaired) electrons. The van der Waals surface area contributed by atoms with Gasteiger partial charge in [-0.15, -0.1) is 21.5 Å². The van der Waals surface area contributed by atoms with Crippen LogP contribution in [0, 0.1) is 6.92 Å². The zero-order valence-electron chi connectivity index (χ0n) is 18.3. The molecule has 2 heterocycles. The molecule has 0 aliphatic rings. The largest absolute Gasteiger partial charge is 0.459 e. The number of nitrogens with two attached hydrogens (primary N) is 1. The molecule has 33 heavy (non-hydrogen) atoms. The molecule has 12 heteroatoms. The second-order valence-corrected chi connectivity index (χ2v) is 9.63. The number of amides is 2. The molecule has 0 bridgehead atoms. The highest BCUT2D eigenvalue weighted by molar-refractivity contribution is 7.99. The first-order valence-electron chi connectivity index (χ1n) is 9.81. The summed E-state index contributed by atoms with van der Waals surface area (Å²) in [6.07, 6.45) is -0.365. The molecule has 9 nitrogen and oxygen atoms in total. The molecule has 2 aromatic heterocycles. The van der Waals surface area contributed by atoms with Gasteiger partial charge >= 0.3 is 5.97 Å². The van der Waals surface area contributed by atoms with Gasteiger partial charge in [-0.1, -0.05) is 35.5 Å². The van der Waals surface area contributed by atoms with Crippen LogP contribution in [0.1, 0.15) is 39.4 Å². The summed E-state index contributed by atoms with van der Waals surface area (Å²) >= 11 is 8.36. The second kappa shape index (κ2) is 10.4. The van der Waals surface area contributed by atoms with Gasteiger partial charge in [-0.3, -0.25) is 9.59 Å². The van der Waals surface area contributed by atoms with Crippen molar-refractivity contribution in [2.75, 3.05) is 11.1 Å². The lowest BCUT2D eigenvalue weighted by atomic mass is 10.1. The third-order valence-corrected chi connectivity index (χ3v) is 7.02. The number of nitrogens with one attached hydrogen (secondary N) is 1. The summed E-state index contributed by atoms with van der Waals surface area (Å²) in [4.78, 5) is 37.1. The number of aromatic nitrogens is 3. The third kappa shape index (κ3) is 5.55. The number of ether oxygens (including phenoxy) is 1. The van der Waals surface area contributed by atoms with Gasteiger partial charge in [0.05, 0.1) is 27.3 Å². The lowest BCUT2D eigenvalue weighted by Crippen LogP contribution is -2.18. The quantitative estimate of drug-likeness (QED) is 0.349. The van der Waals surface area contributed by atoms with Crippen molar-refractivity contribution in [3.05, 3.63) is 45.3 Å². The Morgan fingerprint density at radius 3 is 2.61 bits per heavy atom. The monoisotopic (exact) mass is 507 g/mol. The lowest BCUT2D eigenvalue weighted by Gasteiger charge is -2.10. The number of rotatable bonds is 8. The van der Waals surface area contributed by atoms with Gasteiger partial charge in [0.15, 0.2) is 11.0 Å². The molecule has 3 rings (SSSR count). The van der Waals surface area contributed by atoms with Crippen molar-refractivity contribution in [2.24, 2.45) is 12.8 Å². The molecule has 2 amide bonds. The lowest BCUT2D eigenvalue weighted by molar-refractivity contribution is -0.113. The first-order chi connectivity index (χ1) is 15.6. The highest BCUT2D eigenvalue weighted by Crippen LogP contribution is 2.34. The molecule has 0 aliphatic carbocycles. The Morgan fingerprint density at radius 1 is 1.27 bits per heavy atom. The molecule has 0 spiro atoms. The number of thiophene rings is 1. The Balaban J connectivity index is 1.76. The van der Waals surface area contributed by atoms with Crippen LogP contribution in [0.25, 0.3) is 11.4 Å². The van der Waals surface area contributed by atoms with Crippen LogP contribution in [0.15, 0.2) is 29.4 Å². The topological polar surface area (TPSA) is 129 Å². The van der Waals surface area contributed by atoms with E-state index in [1.54, 1.807) is 38.5 Å². The van der Waals surface area contributed by atoms with Crippen molar-refractivity contribution < 1.29 is 19.1 Å².